The minimum absolute atomic E-state index is 0.0864. The van der Waals surface area contributed by atoms with Gasteiger partial charge in [0.1, 0.15) is 5.82 Å². The molecule has 0 amide bonds. The lowest BCUT2D eigenvalue weighted by atomic mass is 10.0. The Labute approximate surface area is 149 Å². The maximum absolute atomic E-state index is 13.5. The van der Waals surface area contributed by atoms with Crippen LogP contribution < -0.4 is 0 Å². The molecule has 1 aliphatic rings. The summed E-state index contributed by atoms with van der Waals surface area (Å²) in [7, 11) is -3.33. The van der Waals surface area contributed by atoms with E-state index in [1.54, 1.807) is 18.2 Å². The first-order chi connectivity index (χ1) is 11.9. The number of benzene rings is 2. The molecule has 0 radical (unpaired) electrons. The molecule has 1 aliphatic heterocycles. The number of likely N-dealkylation sites (tertiary alicyclic amines) is 1. The highest BCUT2D eigenvalue weighted by molar-refractivity contribution is 7.91. The maximum atomic E-state index is 13.5. The van der Waals surface area contributed by atoms with E-state index in [0.29, 0.717) is 11.4 Å². The summed E-state index contributed by atoms with van der Waals surface area (Å²) >= 11 is 0. The lowest BCUT2D eigenvalue weighted by Gasteiger charge is -2.25. The molecule has 0 N–H and O–H groups in total. The van der Waals surface area contributed by atoms with Crippen LogP contribution in [0.1, 0.15) is 35.6 Å². The lowest BCUT2D eigenvalue weighted by Crippen LogP contribution is -2.29. The Hall–Kier alpha value is -1.72. The second-order valence-electron chi connectivity index (χ2n) is 6.84. The van der Waals surface area contributed by atoms with E-state index >= 15 is 0 Å². The van der Waals surface area contributed by atoms with Gasteiger partial charge in [0.2, 0.25) is 0 Å². The number of nitrogens with zero attached hydrogens (tertiary/aromatic N) is 1. The van der Waals surface area contributed by atoms with Crippen molar-refractivity contribution >= 4 is 9.84 Å². The second-order valence-corrected chi connectivity index (χ2v) is 8.91. The Kier molecular flexibility index (Phi) is 5.25. The minimum Gasteiger partial charge on any atom is -0.295 e. The van der Waals surface area contributed by atoms with Crippen molar-refractivity contribution in [1.82, 2.24) is 4.90 Å². The number of aryl methyl sites for hydroxylation is 2. The van der Waals surface area contributed by atoms with Crippen molar-refractivity contribution in [2.45, 2.75) is 37.6 Å². The molecule has 0 bridgehead atoms. The van der Waals surface area contributed by atoms with Crippen LogP contribution in [0.2, 0.25) is 0 Å². The molecular formula is C20H24FNO2S. The van der Waals surface area contributed by atoms with Crippen molar-refractivity contribution in [2.24, 2.45) is 0 Å². The summed E-state index contributed by atoms with van der Waals surface area (Å²) in [6.07, 6.45) is 1.94. The smallest absolute Gasteiger partial charge is 0.179 e. The first-order valence-corrected chi connectivity index (χ1v) is 10.3. The van der Waals surface area contributed by atoms with Gasteiger partial charge in [0.25, 0.3) is 0 Å². The van der Waals surface area contributed by atoms with Crippen molar-refractivity contribution in [2.75, 3.05) is 18.8 Å². The fraction of sp³-hybridized carbons (Fsp3) is 0.400. The van der Waals surface area contributed by atoms with Crippen LogP contribution >= 0.6 is 0 Å². The van der Waals surface area contributed by atoms with Gasteiger partial charge < -0.3 is 0 Å². The number of rotatable bonds is 5. The topological polar surface area (TPSA) is 37.4 Å². The van der Waals surface area contributed by atoms with E-state index in [1.165, 1.54) is 6.07 Å². The van der Waals surface area contributed by atoms with Crippen molar-refractivity contribution in [3.63, 3.8) is 0 Å². The molecule has 2 aromatic rings. The van der Waals surface area contributed by atoms with E-state index in [0.717, 1.165) is 36.1 Å². The Morgan fingerprint density at radius 2 is 1.96 bits per heavy atom. The van der Waals surface area contributed by atoms with Gasteiger partial charge in [-0.2, -0.15) is 0 Å². The molecule has 1 atom stereocenters. The largest absolute Gasteiger partial charge is 0.295 e. The molecule has 1 heterocycles. The highest BCUT2D eigenvalue weighted by atomic mass is 32.2. The number of hydrogen-bond acceptors (Lipinski definition) is 3. The van der Waals surface area contributed by atoms with Gasteiger partial charge in [-0.05, 0) is 68.1 Å². The van der Waals surface area contributed by atoms with E-state index in [4.69, 9.17) is 0 Å². The molecule has 3 rings (SSSR count). The zero-order chi connectivity index (χ0) is 18.0. The van der Waals surface area contributed by atoms with Crippen LogP contribution in [0.5, 0.6) is 0 Å². The minimum atomic E-state index is -3.33. The standard InChI is InChI=1S/C20H24FNO2S/c1-15-8-9-16(2)20(13-15)25(23,24)12-11-22-10-4-7-19(22)17-5-3-6-18(21)14-17/h3,5-6,8-9,13-14,19H,4,7,10-12H2,1-2H3/t19-/m1/s1. The monoisotopic (exact) mass is 361 g/mol. The molecule has 0 unspecified atom stereocenters. The summed E-state index contributed by atoms with van der Waals surface area (Å²) in [5.74, 6) is -0.157. The molecule has 0 spiro atoms. The molecule has 5 heteroatoms. The van der Waals surface area contributed by atoms with Crippen LogP contribution in [0, 0.1) is 19.7 Å². The maximum Gasteiger partial charge on any atom is 0.179 e. The summed E-state index contributed by atoms with van der Waals surface area (Å²) in [5.41, 5.74) is 2.67. The zero-order valence-electron chi connectivity index (χ0n) is 14.7. The third kappa shape index (κ3) is 4.10. The normalized spacial score (nSPS) is 18.6. The Bertz CT molecular complexity index is 864. The molecule has 0 aliphatic carbocycles. The lowest BCUT2D eigenvalue weighted by molar-refractivity contribution is 0.272. The van der Waals surface area contributed by atoms with Crippen molar-refractivity contribution in [3.05, 3.63) is 65.0 Å². The quantitative estimate of drug-likeness (QED) is 0.806. The third-order valence-corrected chi connectivity index (χ3v) is 6.75. The summed E-state index contributed by atoms with van der Waals surface area (Å²) < 4.78 is 39.1. The average Bonchev–Trinajstić information content (AvgIpc) is 3.04. The van der Waals surface area contributed by atoms with Crippen molar-refractivity contribution < 1.29 is 12.8 Å². The van der Waals surface area contributed by atoms with Gasteiger partial charge in [-0.15, -0.1) is 0 Å². The Morgan fingerprint density at radius 3 is 2.72 bits per heavy atom. The predicted molar refractivity (Wildman–Crippen MR) is 97.9 cm³/mol. The molecule has 3 nitrogen and oxygen atoms in total. The molecule has 1 fully saturated rings. The average molecular weight is 361 g/mol. The number of halogens is 1. The molecule has 134 valence electrons. The van der Waals surface area contributed by atoms with Gasteiger partial charge >= 0.3 is 0 Å². The zero-order valence-corrected chi connectivity index (χ0v) is 15.5. The summed E-state index contributed by atoms with van der Waals surface area (Å²) in [4.78, 5) is 2.59. The second kappa shape index (κ2) is 7.26. The molecule has 1 saturated heterocycles. The van der Waals surface area contributed by atoms with Crippen molar-refractivity contribution in [3.8, 4) is 0 Å². The molecule has 2 aromatic carbocycles. The van der Waals surface area contributed by atoms with Crippen molar-refractivity contribution in [1.29, 1.82) is 0 Å². The highest BCUT2D eigenvalue weighted by Crippen LogP contribution is 2.32. The SMILES string of the molecule is Cc1ccc(C)c(S(=O)(=O)CCN2CCC[C@@H]2c2cccc(F)c2)c1. The van der Waals surface area contributed by atoms with Crippen LogP contribution in [0.4, 0.5) is 4.39 Å². The van der Waals surface area contributed by atoms with Gasteiger partial charge in [-0.3, -0.25) is 4.90 Å². The van der Waals surface area contributed by atoms with E-state index in [-0.39, 0.29) is 17.6 Å². The van der Waals surface area contributed by atoms with Crippen LogP contribution in [0.3, 0.4) is 0 Å². The van der Waals surface area contributed by atoms with Gasteiger partial charge in [-0.1, -0.05) is 24.3 Å². The van der Waals surface area contributed by atoms with E-state index in [1.807, 2.05) is 32.0 Å². The predicted octanol–water partition coefficient (Wildman–Crippen LogP) is 4.05. The molecule has 0 aromatic heterocycles. The first kappa shape index (κ1) is 18.1. The summed E-state index contributed by atoms with van der Waals surface area (Å²) in [6.45, 7) is 5.05. The molecular weight excluding hydrogens is 337 g/mol. The third-order valence-electron chi connectivity index (χ3n) is 4.92. The van der Waals surface area contributed by atoms with Gasteiger partial charge in [0, 0.05) is 12.6 Å². The Balaban J connectivity index is 1.75. The fourth-order valence-electron chi connectivity index (χ4n) is 3.57. The van der Waals surface area contributed by atoms with E-state index < -0.39 is 9.84 Å². The van der Waals surface area contributed by atoms with Gasteiger partial charge in [0.05, 0.1) is 10.6 Å². The van der Waals surface area contributed by atoms with Crippen LogP contribution in [-0.2, 0) is 9.84 Å². The van der Waals surface area contributed by atoms with Gasteiger partial charge in [-0.25, -0.2) is 12.8 Å². The van der Waals surface area contributed by atoms with Crippen LogP contribution in [-0.4, -0.2) is 32.2 Å². The fourth-order valence-corrected chi connectivity index (χ4v) is 5.19. The number of sulfone groups is 1. The van der Waals surface area contributed by atoms with Crippen LogP contribution in [0.15, 0.2) is 47.4 Å². The Morgan fingerprint density at radius 1 is 1.16 bits per heavy atom. The molecule has 0 saturated carbocycles. The van der Waals surface area contributed by atoms with E-state index in [2.05, 4.69) is 4.90 Å². The summed E-state index contributed by atoms with van der Waals surface area (Å²) in [5, 5.41) is 0. The highest BCUT2D eigenvalue weighted by Gasteiger charge is 2.28. The first-order valence-electron chi connectivity index (χ1n) is 8.66. The van der Waals surface area contributed by atoms with E-state index in [9.17, 15) is 12.8 Å². The van der Waals surface area contributed by atoms with Gasteiger partial charge in [0.15, 0.2) is 9.84 Å². The summed E-state index contributed by atoms with van der Waals surface area (Å²) in [6, 6.07) is 12.3. The van der Waals surface area contributed by atoms with Crippen LogP contribution in [0.25, 0.3) is 0 Å². The molecule has 25 heavy (non-hydrogen) atoms. The number of hydrogen-bond donors (Lipinski definition) is 0.